The van der Waals surface area contributed by atoms with E-state index in [9.17, 15) is 13.6 Å². The predicted octanol–water partition coefficient (Wildman–Crippen LogP) is 2.62. The zero-order valence-corrected chi connectivity index (χ0v) is 8.62. The first-order valence-corrected chi connectivity index (χ1v) is 5.24. The van der Waals surface area contributed by atoms with E-state index in [2.05, 4.69) is 0 Å². The van der Waals surface area contributed by atoms with Crippen LogP contribution in [-0.4, -0.2) is 11.1 Å². The Bertz CT molecular complexity index is 413. The zero-order valence-electron chi connectivity index (χ0n) is 8.62. The van der Waals surface area contributed by atoms with E-state index in [-0.39, 0.29) is 17.9 Å². The van der Waals surface area contributed by atoms with Crippen LogP contribution >= 0.6 is 0 Å². The number of aliphatic carboxylic acids is 1. The minimum Gasteiger partial charge on any atom is -0.481 e. The molecule has 0 bridgehead atoms. The molecule has 0 amide bonds. The molecular weight excluding hydrogens is 214 g/mol. The minimum atomic E-state index is -0.925. The summed E-state index contributed by atoms with van der Waals surface area (Å²) in [5.41, 5.74) is 0.152. The van der Waals surface area contributed by atoms with Crippen molar-refractivity contribution in [2.75, 3.05) is 0 Å². The van der Waals surface area contributed by atoms with Gasteiger partial charge in [0.05, 0.1) is 5.92 Å². The van der Waals surface area contributed by atoms with Crippen LogP contribution in [0, 0.1) is 23.5 Å². The van der Waals surface area contributed by atoms with Gasteiger partial charge in [-0.1, -0.05) is 0 Å². The molecule has 1 N–H and O–H groups in total. The van der Waals surface area contributed by atoms with Gasteiger partial charge in [0, 0.05) is 0 Å². The summed E-state index contributed by atoms with van der Waals surface area (Å²) < 4.78 is 26.2. The maximum absolute atomic E-state index is 13.3. The van der Waals surface area contributed by atoms with Gasteiger partial charge in [0.2, 0.25) is 0 Å². The Hall–Kier alpha value is -1.45. The van der Waals surface area contributed by atoms with Crippen LogP contribution in [0.3, 0.4) is 0 Å². The standard InChI is InChI=1S/C12H12F2O2/c13-9-3-4-11(14)8(5-9)6-10(12(15)16)7-1-2-7/h3-5,7,10H,1-2,6H2,(H,15,16). The Balaban J connectivity index is 2.17. The first kappa shape index (κ1) is 11.0. The Morgan fingerprint density at radius 3 is 2.69 bits per heavy atom. The molecule has 0 heterocycles. The summed E-state index contributed by atoms with van der Waals surface area (Å²) in [7, 11) is 0. The highest BCUT2D eigenvalue weighted by atomic mass is 19.1. The highest BCUT2D eigenvalue weighted by molar-refractivity contribution is 5.71. The lowest BCUT2D eigenvalue weighted by Gasteiger charge is -2.11. The molecule has 0 aliphatic heterocycles. The fraction of sp³-hybridized carbons (Fsp3) is 0.417. The summed E-state index contributed by atoms with van der Waals surface area (Å²) >= 11 is 0. The van der Waals surface area contributed by atoms with Crippen molar-refractivity contribution in [3.8, 4) is 0 Å². The second-order valence-corrected chi connectivity index (χ2v) is 4.22. The van der Waals surface area contributed by atoms with Gasteiger partial charge in [-0.15, -0.1) is 0 Å². The average Bonchev–Trinajstić information content (AvgIpc) is 3.02. The highest BCUT2D eigenvalue weighted by Gasteiger charge is 2.36. The van der Waals surface area contributed by atoms with Crippen molar-refractivity contribution < 1.29 is 18.7 Å². The number of halogens is 2. The van der Waals surface area contributed by atoms with Gasteiger partial charge in [-0.2, -0.15) is 0 Å². The fourth-order valence-corrected chi connectivity index (χ4v) is 1.89. The molecule has 16 heavy (non-hydrogen) atoms. The van der Waals surface area contributed by atoms with Crippen molar-refractivity contribution in [1.29, 1.82) is 0 Å². The highest BCUT2D eigenvalue weighted by Crippen LogP contribution is 2.38. The number of carbonyl (C=O) groups is 1. The lowest BCUT2D eigenvalue weighted by molar-refractivity contribution is -0.142. The number of hydrogen-bond acceptors (Lipinski definition) is 1. The van der Waals surface area contributed by atoms with E-state index in [4.69, 9.17) is 5.11 Å². The molecule has 1 unspecified atom stereocenters. The summed E-state index contributed by atoms with van der Waals surface area (Å²) in [6.07, 6.45) is 1.81. The molecule has 1 aliphatic carbocycles. The van der Waals surface area contributed by atoms with Gasteiger partial charge in [-0.3, -0.25) is 4.79 Å². The second-order valence-electron chi connectivity index (χ2n) is 4.22. The first-order valence-electron chi connectivity index (χ1n) is 5.24. The molecule has 1 aromatic carbocycles. The van der Waals surface area contributed by atoms with E-state index in [1.165, 1.54) is 0 Å². The summed E-state index contributed by atoms with van der Waals surface area (Å²) in [6.45, 7) is 0. The van der Waals surface area contributed by atoms with Crippen LogP contribution in [0.25, 0.3) is 0 Å². The van der Waals surface area contributed by atoms with Gasteiger partial charge < -0.3 is 5.11 Å². The molecule has 2 rings (SSSR count). The Kier molecular flexibility index (Phi) is 2.90. The third-order valence-electron chi connectivity index (χ3n) is 2.96. The fourth-order valence-electron chi connectivity index (χ4n) is 1.89. The maximum atomic E-state index is 13.3. The van der Waals surface area contributed by atoms with Crippen molar-refractivity contribution in [1.82, 2.24) is 0 Å². The SMILES string of the molecule is O=C(O)C(Cc1cc(F)ccc1F)C1CC1. The molecule has 0 spiro atoms. The van der Waals surface area contributed by atoms with Crippen LogP contribution in [0.15, 0.2) is 18.2 Å². The number of rotatable bonds is 4. The smallest absolute Gasteiger partial charge is 0.307 e. The molecule has 4 heteroatoms. The van der Waals surface area contributed by atoms with Crippen LogP contribution in [0.4, 0.5) is 8.78 Å². The Morgan fingerprint density at radius 1 is 1.44 bits per heavy atom. The van der Waals surface area contributed by atoms with E-state index in [1.807, 2.05) is 0 Å². The molecule has 0 saturated heterocycles. The molecule has 1 aliphatic rings. The lowest BCUT2D eigenvalue weighted by atomic mass is 9.94. The van der Waals surface area contributed by atoms with Gasteiger partial charge in [-0.25, -0.2) is 8.78 Å². The topological polar surface area (TPSA) is 37.3 Å². The van der Waals surface area contributed by atoms with Crippen LogP contribution in [0.5, 0.6) is 0 Å². The average molecular weight is 226 g/mol. The summed E-state index contributed by atoms with van der Waals surface area (Å²) in [6, 6.07) is 3.15. The molecule has 1 saturated carbocycles. The molecule has 86 valence electrons. The van der Waals surface area contributed by atoms with Crippen molar-refractivity contribution >= 4 is 5.97 Å². The summed E-state index contributed by atoms with van der Waals surface area (Å²) in [4.78, 5) is 11.0. The van der Waals surface area contributed by atoms with Gasteiger partial charge in [0.15, 0.2) is 0 Å². The normalized spacial score (nSPS) is 17.1. The molecular formula is C12H12F2O2. The van der Waals surface area contributed by atoms with Crippen molar-refractivity contribution in [3.05, 3.63) is 35.4 Å². The second kappa shape index (κ2) is 4.20. The lowest BCUT2D eigenvalue weighted by Crippen LogP contribution is -2.19. The molecule has 1 fully saturated rings. The number of carboxylic acid groups (broad SMARTS) is 1. The van der Waals surface area contributed by atoms with Crippen LogP contribution in [0.1, 0.15) is 18.4 Å². The summed E-state index contributed by atoms with van der Waals surface area (Å²) in [5, 5.41) is 8.99. The van der Waals surface area contributed by atoms with Gasteiger partial charge in [0.25, 0.3) is 0 Å². The molecule has 0 aromatic heterocycles. The predicted molar refractivity (Wildman–Crippen MR) is 53.9 cm³/mol. The Morgan fingerprint density at radius 2 is 2.12 bits per heavy atom. The molecule has 1 aromatic rings. The Labute approximate surface area is 91.9 Å². The minimum absolute atomic E-state index is 0.0730. The largest absolute Gasteiger partial charge is 0.481 e. The first-order chi connectivity index (χ1) is 7.58. The van der Waals surface area contributed by atoms with Crippen molar-refractivity contribution in [2.45, 2.75) is 19.3 Å². The van der Waals surface area contributed by atoms with E-state index < -0.39 is 23.5 Å². The van der Waals surface area contributed by atoms with Crippen LogP contribution < -0.4 is 0 Å². The van der Waals surface area contributed by atoms with E-state index in [0.29, 0.717) is 0 Å². The van der Waals surface area contributed by atoms with E-state index >= 15 is 0 Å². The van der Waals surface area contributed by atoms with Gasteiger partial charge in [0.1, 0.15) is 11.6 Å². The van der Waals surface area contributed by atoms with Crippen molar-refractivity contribution in [3.63, 3.8) is 0 Å². The van der Waals surface area contributed by atoms with E-state index in [0.717, 1.165) is 31.0 Å². The number of benzene rings is 1. The maximum Gasteiger partial charge on any atom is 0.307 e. The summed E-state index contributed by atoms with van der Waals surface area (Å²) in [5.74, 6) is -2.45. The van der Waals surface area contributed by atoms with E-state index in [1.54, 1.807) is 0 Å². The zero-order chi connectivity index (χ0) is 11.7. The monoisotopic (exact) mass is 226 g/mol. The van der Waals surface area contributed by atoms with Crippen molar-refractivity contribution in [2.24, 2.45) is 11.8 Å². The van der Waals surface area contributed by atoms with Crippen LogP contribution in [-0.2, 0) is 11.2 Å². The van der Waals surface area contributed by atoms with Crippen LogP contribution in [0.2, 0.25) is 0 Å². The molecule has 0 radical (unpaired) electrons. The molecule has 1 atom stereocenters. The van der Waals surface area contributed by atoms with Gasteiger partial charge in [-0.05, 0) is 48.9 Å². The third-order valence-corrected chi connectivity index (χ3v) is 2.96. The number of hydrogen-bond donors (Lipinski definition) is 1. The quantitative estimate of drug-likeness (QED) is 0.856. The number of carboxylic acids is 1. The third kappa shape index (κ3) is 2.38. The molecule has 2 nitrogen and oxygen atoms in total. The van der Waals surface area contributed by atoms with Gasteiger partial charge >= 0.3 is 5.97 Å².